The molecule has 0 spiro atoms. The van der Waals surface area contributed by atoms with E-state index < -0.39 is 0 Å². The molecule has 0 saturated carbocycles. The lowest BCUT2D eigenvalue weighted by molar-refractivity contribution is 0.652. The molecular weight excluding hydrogens is 212 g/mol. The second-order valence-corrected chi connectivity index (χ2v) is 3.70. The molecule has 2 heterocycles. The zero-order chi connectivity index (χ0) is 10.8. The predicted molar refractivity (Wildman–Crippen MR) is 57.8 cm³/mol. The Hall–Kier alpha value is -1.42. The molecule has 0 aromatic carbocycles. The Balaban J connectivity index is 2.30. The van der Waals surface area contributed by atoms with Gasteiger partial charge < -0.3 is 0 Å². The van der Waals surface area contributed by atoms with Gasteiger partial charge in [0.2, 0.25) is 0 Å². The topological polar surface area (TPSA) is 43.6 Å². The van der Waals surface area contributed by atoms with Gasteiger partial charge >= 0.3 is 0 Å². The van der Waals surface area contributed by atoms with E-state index in [-0.39, 0.29) is 0 Å². The minimum Gasteiger partial charge on any atom is -0.265 e. The zero-order valence-electron chi connectivity index (χ0n) is 8.61. The maximum absolute atomic E-state index is 5.98. The zero-order valence-corrected chi connectivity index (χ0v) is 9.36. The van der Waals surface area contributed by atoms with Crippen molar-refractivity contribution in [1.82, 2.24) is 19.7 Å². The molecule has 0 bridgehead atoms. The average Bonchev–Trinajstić information content (AvgIpc) is 2.66. The van der Waals surface area contributed by atoms with Gasteiger partial charge in [-0.15, -0.1) is 0 Å². The van der Waals surface area contributed by atoms with Crippen LogP contribution in [-0.4, -0.2) is 19.7 Å². The maximum Gasteiger partial charge on any atom is 0.151 e. The van der Waals surface area contributed by atoms with E-state index in [1.165, 1.54) is 0 Å². The largest absolute Gasteiger partial charge is 0.265 e. The normalized spacial score (nSPS) is 10.6. The monoisotopic (exact) mass is 222 g/mol. The number of aromatic nitrogens is 4. The fourth-order valence-corrected chi connectivity index (χ4v) is 1.49. The van der Waals surface area contributed by atoms with Crippen LogP contribution in [0, 0.1) is 13.8 Å². The minimum absolute atomic E-state index is 0.518. The molecule has 2 aromatic rings. The van der Waals surface area contributed by atoms with Gasteiger partial charge in [-0.2, -0.15) is 5.10 Å². The molecular formula is C10H11ClN4. The molecule has 0 N–H and O–H groups in total. The Morgan fingerprint density at radius 2 is 2.13 bits per heavy atom. The fraction of sp³-hybridized carbons (Fsp3) is 0.300. The number of rotatable bonds is 2. The number of halogens is 1. The first-order valence-electron chi connectivity index (χ1n) is 4.64. The molecule has 0 aliphatic carbocycles. The number of nitrogens with zero attached hydrogens (tertiary/aromatic N) is 4. The van der Waals surface area contributed by atoms with Crippen molar-refractivity contribution in [3.63, 3.8) is 0 Å². The molecule has 15 heavy (non-hydrogen) atoms. The van der Waals surface area contributed by atoms with Crippen molar-refractivity contribution < 1.29 is 0 Å². The molecule has 4 nitrogen and oxygen atoms in total. The fourth-order valence-electron chi connectivity index (χ4n) is 1.26. The first kappa shape index (κ1) is 10.1. The molecule has 78 valence electrons. The molecule has 0 fully saturated rings. The first-order chi connectivity index (χ1) is 7.16. The Kier molecular flexibility index (Phi) is 2.68. The molecule has 2 aromatic heterocycles. The van der Waals surface area contributed by atoms with Crippen LogP contribution in [0.5, 0.6) is 0 Å². The van der Waals surface area contributed by atoms with E-state index in [1.54, 1.807) is 10.9 Å². The second kappa shape index (κ2) is 3.98. The summed E-state index contributed by atoms with van der Waals surface area (Å²) in [4.78, 5) is 8.55. The van der Waals surface area contributed by atoms with Crippen molar-refractivity contribution in [2.24, 2.45) is 0 Å². The van der Waals surface area contributed by atoms with E-state index in [2.05, 4.69) is 15.1 Å². The highest BCUT2D eigenvalue weighted by molar-refractivity contribution is 6.30. The third-order valence-electron chi connectivity index (χ3n) is 2.24. The number of aryl methyl sites for hydroxylation is 1. The minimum atomic E-state index is 0.518. The summed E-state index contributed by atoms with van der Waals surface area (Å²) in [5.41, 5.74) is 1.85. The lowest BCUT2D eigenvalue weighted by atomic mass is 10.3. The van der Waals surface area contributed by atoms with Gasteiger partial charge in [0, 0.05) is 23.7 Å². The van der Waals surface area contributed by atoms with Gasteiger partial charge in [0.15, 0.2) is 5.82 Å². The molecule has 0 saturated heterocycles. The van der Waals surface area contributed by atoms with E-state index in [4.69, 9.17) is 11.6 Å². The quantitative estimate of drug-likeness (QED) is 0.730. The highest BCUT2D eigenvalue weighted by atomic mass is 35.5. The first-order valence-corrected chi connectivity index (χ1v) is 5.01. The van der Waals surface area contributed by atoms with Crippen molar-refractivity contribution >= 4 is 11.6 Å². The Bertz CT molecular complexity index is 441. The summed E-state index contributed by atoms with van der Waals surface area (Å²) in [5.74, 6) is 0.687. The molecule has 5 heteroatoms. The maximum atomic E-state index is 5.98. The van der Waals surface area contributed by atoms with Gasteiger partial charge in [0.1, 0.15) is 11.7 Å². The van der Waals surface area contributed by atoms with E-state index in [0.29, 0.717) is 17.5 Å². The lowest BCUT2D eigenvalue weighted by Crippen LogP contribution is -2.07. The van der Waals surface area contributed by atoms with Gasteiger partial charge in [0.05, 0.1) is 0 Å². The predicted octanol–water partition coefficient (Wildman–Crippen LogP) is 1.99. The number of hydrogen-bond donors (Lipinski definition) is 0. The molecule has 0 atom stereocenters. The van der Waals surface area contributed by atoms with Crippen LogP contribution in [0.15, 0.2) is 18.5 Å². The molecule has 0 radical (unpaired) electrons. The second-order valence-electron chi connectivity index (χ2n) is 3.34. The third-order valence-corrected chi connectivity index (χ3v) is 2.61. The summed E-state index contributed by atoms with van der Waals surface area (Å²) < 4.78 is 1.76. The van der Waals surface area contributed by atoms with E-state index in [1.807, 2.05) is 26.1 Å². The van der Waals surface area contributed by atoms with Crippen LogP contribution in [-0.2, 0) is 6.54 Å². The van der Waals surface area contributed by atoms with Gasteiger partial charge in [0.25, 0.3) is 0 Å². The van der Waals surface area contributed by atoms with Crippen LogP contribution in [0.3, 0.4) is 0 Å². The van der Waals surface area contributed by atoms with Gasteiger partial charge in [-0.25, -0.2) is 9.97 Å². The average molecular weight is 223 g/mol. The van der Waals surface area contributed by atoms with Crippen LogP contribution < -0.4 is 0 Å². The van der Waals surface area contributed by atoms with Crippen LogP contribution >= 0.6 is 11.6 Å². The summed E-state index contributed by atoms with van der Waals surface area (Å²) in [6.45, 7) is 4.39. The summed E-state index contributed by atoms with van der Waals surface area (Å²) >= 11 is 5.98. The summed E-state index contributed by atoms with van der Waals surface area (Å²) in [6.07, 6.45) is 3.59. The van der Waals surface area contributed by atoms with Crippen molar-refractivity contribution in [2.75, 3.05) is 0 Å². The molecule has 2 rings (SSSR count). The molecule has 0 aliphatic heterocycles. The van der Waals surface area contributed by atoms with Gasteiger partial charge in [-0.1, -0.05) is 11.6 Å². The lowest BCUT2D eigenvalue weighted by Gasteiger charge is -2.05. The summed E-state index contributed by atoms with van der Waals surface area (Å²) in [7, 11) is 0. The van der Waals surface area contributed by atoms with Crippen molar-refractivity contribution in [3.8, 4) is 0 Å². The van der Waals surface area contributed by atoms with Crippen LogP contribution in [0.4, 0.5) is 0 Å². The van der Waals surface area contributed by atoms with Crippen molar-refractivity contribution in [1.29, 1.82) is 0 Å². The number of hydrogen-bond acceptors (Lipinski definition) is 3. The molecule has 0 unspecified atom stereocenters. The standard InChI is InChI=1S/C10H11ClN4/c1-7-8(2)13-9(14-10(7)11)6-15-5-3-4-12-15/h3-5H,6H2,1-2H3. The SMILES string of the molecule is Cc1nc(Cn2cccn2)nc(Cl)c1C. The highest BCUT2D eigenvalue weighted by Gasteiger charge is 2.06. The van der Waals surface area contributed by atoms with E-state index >= 15 is 0 Å². The van der Waals surface area contributed by atoms with Crippen LogP contribution in [0.1, 0.15) is 17.1 Å². The molecule has 0 aliphatic rings. The summed E-state index contributed by atoms with van der Waals surface area (Å²) in [6, 6.07) is 1.86. The summed E-state index contributed by atoms with van der Waals surface area (Å²) in [5, 5.41) is 4.61. The van der Waals surface area contributed by atoms with E-state index in [0.717, 1.165) is 11.3 Å². The Morgan fingerprint density at radius 1 is 1.33 bits per heavy atom. The van der Waals surface area contributed by atoms with Crippen molar-refractivity contribution in [3.05, 3.63) is 40.7 Å². The van der Waals surface area contributed by atoms with Gasteiger partial charge in [-0.05, 0) is 19.9 Å². The Morgan fingerprint density at radius 3 is 2.73 bits per heavy atom. The van der Waals surface area contributed by atoms with Crippen molar-refractivity contribution in [2.45, 2.75) is 20.4 Å². The van der Waals surface area contributed by atoms with Crippen LogP contribution in [0.25, 0.3) is 0 Å². The highest BCUT2D eigenvalue weighted by Crippen LogP contribution is 2.14. The smallest absolute Gasteiger partial charge is 0.151 e. The van der Waals surface area contributed by atoms with Crippen LogP contribution in [0.2, 0.25) is 5.15 Å². The Labute approximate surface area is 92.9 Å². The molecule has 0 amide bonds. The third kappa shape index (κ3) is 2.15. The van der Waals surface area contributed by atoms with Gasteiger partial charge in [-0.3, -0.25) is 4.68 Å². The van der Waals surface area contributed by atoms with E-state index in [9.17, 15) is 0 Å².